The van der Waals surface area contributed by atoms with E-state index in [0.717, 1.165) is 5.39 Å². The van der Waals surface area contributed by atoms with Gasteiger partial charge in [-0.05, 0) is 52.1 Å². The SMILES string of the molecule is CC(C)(C)OC(=O)Nc1ccn(C(C)(C)C(=O)OCc2cc3ccccc3[nH]c2=O)n1. The molecule has 0 aliphatic heterocycles. The predicted octanol–water partition coefficient (Wildman–Crippen LogP) is 3.55. The van der Waals surface area contributed by atoms with Crippen molar-refractivity contribution in [1.29, 1.82) is 0 Å². The summed E-state index contributed by atoms with van der Waals surface area (Å²) in [4.78, 5) is 39.7. The highest BCUT2D eigenvalue weighted by atomic mass is 16.6. The van der Waals surface area contributed by atoms with Crippen molar-refractivity contribution in [2.45, 2.75) is 52.4 Å². The van der Waals surface area contributed by atoms with Crippen molar-refractivity contribution in [3.05, 3.63) is 58.5 Å². The number of ether oxygens (including phenoxy) is 2. The maximum atomic E-state index is 12.7. The fourth-order valence-corrected chi connectivity index (χ4v) is 2.82. The van der Waals surface area contributed by atoms with Gasteiger partial charge in [0.25, 0.3) is 5.56 Å². The van der Waals surface area contributed by atoms with E-state index in [1.807, 2.05) is 18.2 Å². The number of aromatic nitrogens is 3. The molecule has 31 heavy (non-hydrogen) atoms. The van der Waals surface area contributed by atoms with Gasteiger partial charge in [-0.1, -0.05) is 18.2 Å². The summed E-state index contributed by atoms with van der Waals surface area (Å²) < 4.78 is 12.0. The molecule has 2 heterocycles. The Labute approximate surface area is 179 Å². The maximum Gasteiger partial charge on any atom is 0.413 e. The number of amides is 1. The van der Waals surface area contributed by atoms with E-state index in [1.165, 1.54) is 4.68 Å². The standard InChI is InChI=1S/C22H26N4O5/c1-21(2,3)31-20(29)24-17-10-11-26(25-17)22(4,5)19(28)30-13-15-12-14-8-6-7-9-16(14)23-18(15)27/h6-12H,13H2,1-5H3,(H,23,27)(H,24,25,29). The van der Waals surface area contributed by atoms with Crippen molar-refractivity contribution in [2.24, 2.45) is 0 Å². The fourth-order valence-electron chi connectivity index (χ4n) is 2.82. The van der Waals surface area contributed by atoms with Gasteiger partial charge in [0.15, 0.2) is 11.4 Å². The molecule has 3 aromatic rings. The summed E-state index contributed by atoms with van der Waals surface area (Å²) in [5, 5.41) is 7.59. The number of H-pyrrole nitrogens is 1. The Balaban J connectivity index is 1.68. The molecule has 1 aromatic carbocycles. The van der Waals surface area contributed by atoms with Crippen molar-refractivity contribution < 1.29 is 19.1 Å². The van der Waals surface area contributed by atoms with E-state index < -0.39 is 23.2 Å². The van der Waals surface area contributed by atoms with Gasteiger partial charge in [-0.3, -0.25) is 14.8 Å². The lowest BCUT2D eigenvalue weighted by Gasteiger charge is -2.23. The maximum absolute atomic E-state index is 12.7. The molecule has 0 bridgehead atoms. The Morgan fingerprint density at radius 3 is 2.55 bits per heavy atom. The Morgan fingerprint density at radius 2 is 1.84 bits per heavy atom. The minimum absolute atomic E-state index is 0.174. The number of anilines is 1. The Hall–Kier alpha value is -3.62. The first-order valence-electron chi connectivity index (χ1n) is 9.80. The van der Waals surface area contributed by atoms with Crippen LogP contribution in [0.5, 0.6) is 0 Å². The van der Waals surface area contributed by atoms with Crippen LogP contribution in [0.25, 0.3) is 10.9 Å². The highest BCUT2D eigenvalue weighted by molar-refractivity contribution is 5.84. The first kappa shape index (κ1) is 22.1. The van der Waals surface area contributed by atoms with Crippen molar-refractivity contribution in [1.82, 2.24) is 14.8 Å². The minimum Gasteiger partial charge on any atom is -0.459 e. The molecule has 0 radical (unpaired) electrons. The van der Waals surface area contributed by atoms with E-state index in [1.54, 1.807) is 59.0 Å². The number of hydrogen-bond donors (Lipinski definition) is 2. The van der Waals surface area contributed by atoms with Gasteiger partial charge >= 0.3 is 12.1 Å². The van der Waals surface area contributed by atoms with E-state index in [2.05, 4.69) is 15.4 Å². The number of nitrogens with zero attached hydrogens (tertiary/aromatic N) is 2. The topological polar surface area (TPSA) is 115 Å². The zero-order valence-electron chi connectivity index (χ0n) is 18.2. The molecule has 0 saturated heterocycles. The first-order chi connectivity index (χ1) is 14.5. The number of esters is 1. The number of benzene rings is 1. The molecule has 0 atom stereocenters. The highest BCUT2D eigenvalue weighted by Crippen LogP contribution is 2.20. The number of carbonyl (C=O) groups is 2. The molecule has 1 amide bonds. The van der Waals surface area contributed by atoms with E-state index in [-0.39, 0.29) is 18.0 Å². The van der Waals surface area contributed by atoms with Gasteiger partial charge in [-0.15, -0.1) is 0 Å². The smallest absolute Gasteiger partial charge is 0.413 e. The first-order valence-corrected chi connectivity index (χ1v) is 9.80. The van der Waals surface area contributed by atoms with Crippen LogP contribution >= 0.6 is 0 Å². The predicted molar refractivity (Wildman–Crippen MR) is 116 cm³/mol. The third-order valence-corrected chi connectivity index (χ3v) is 4.48. The summed E-state index contributed by atoms with van der Waals surface area (Å²) in [6.07, 6.45) is 0.908. The zero-order chi connectivity index (χ0) is 22.8. The molecule has 164 valence electrons. The summed E-state index contributed by atoms with van der Waals surface area (Å²) in [6, 6.07) is 10.6. The number of rotatable bonds is 5. The molecule has 2 N–H and O–H groups in total. The normalized spacial score (nSPS) is 11.9. The summed E-state index contributed by atoms with van der Waals surface area (Å²) in [5.41, 5.74) is -1.07. The van der Waals surface area contributed by atoms with Crippen LogP contribution in [-0.4, -0.2) is 32.4 Å². The molecule has 3 rings (SSSR count). The molecule has 0 aliphatic carbocycles. The average molecular weight is 426 g/mol. The summed E-state index contributed by atoms with van der Waals surface area (Å²) in [5.74, 6) is -0.340. The number of para-hydroxylation sites is 1. The van der Waals surface area contributed by atoms with Gasteiger partial charge in [0, 0.05) is 17.8 Å². The third-order valence-electron chi connectivity index (χ3n) is 4.48. The van der Waals surface area contributed by atoms with Crippen molar-refractivity contribution >= 4 is 28.8 Å². The van der Waals surface area contributed by atoms with Crippen LogP contribution in [-0.2, 0) is 26.4 Å². The molecule has 2 aromatic heterocycles. The van der Waals surface area contributed by atoms with Crippen LogP contribution in [0, 0.1) is 0 Å². The highest BCUT2D eigenvalue weighted by Gasteiger charge is 2.33. The monoisotopic (exact) mass is 426 g/mol. The summed E-state index contributed by atoms with van der Waals surface area (Å²) in [7, 11) is 0. The minimum atomic E-state index is -1.17. The van der Waals surface area contributed by atoms with Crippen LogP contribution in [0.3, 0.4) is 0 Å². The Morgan fingerprint density at radius 1 is 1.13 bits per heavy atom. The number of nitrogens with one attached hydrogen (secondary N) is 2. The van der Waals surface area contributed by atoms with Crippen molar-refractivity contribution in [3.8, 4) is 0 Å². The quantitative estimate of drug-likeness (QED) is 0.603. The van der Waals surface area contributed by atoms with E-state index in [9.17, 15) is 14.4 Å². The number of hydrogen-bond acceptors (Lipinski definition) is 6. The van der Waals surface area contributed by atoms with Gasteiger partial charge in [0.2, 0.25) is 0 Å². The van der Waals surface area contributed by atoms with E-state index in [0.29, 0.717) is 11.1 Å². The van der Waals surface area contributed by atoms with Gasteiger partial charge in [-0.2, -0.15) is 5.10 Å². The molecular weight excluding hydrogens is 400 g/mol. The summed E-state index contributed by atoms with van der Waals surface area (Å²) >= 11 is 0. The lowest BCUT2D eigenvalue weighted by atomic mass is 10.1. The second kappa shape index (κ2) is 8.25. The molecule has 0 fully saturated rings. The number of fused-ring (bicyclic) bond motifs is 1. The Kier molecular flexibility index (Phi) is 5.88. The second-order valence-corrected chi connectivity index (χ2v) is 8.62. The number of carbonyl (C=O) groups excluding carboxylic acids is 2. The largest absolute Gasteiger partial charge is 0.459 e. The van der Waals surface area contributed by atoms with Crippen LogP contribution in [0.15, 0.2) is 47.4 Å². The van der Waals surface area contributed by atoms with E-state index >= 15 is 0 Å². The van der Waals surface area contributed by atoms with Gasteiger partial charge in [0.05, 0.1) is 5.56 Å². The molecule has 0 aliphatic rings. The number of aromatic amines is 1. The molecule has 0 spiro atoms. The average Bonchev–Trinajstić information content (AvgIpc) is 3.13. The molecule has 9 heteroatoms. The van der Waals surface area contributed by atoms with E-state index in [4.69, 9.17) is 9.47 Å². The van der Waals surface area contributed by atoms with Crippen molar-refractivity contribution in [2.75, 3.05) is 5.32 Å². The van der Waals surface area contributed by atoms with Gasteiger partial charge in [0.1, 0.15) is 12.2 Å². The van der Waals surface area contributed by atoms with Crippen LogP contribution in [0.1, 0.15) is 40.2 Å². The van der Waals surface area contributed by atoms with Crippen LogP contribution < -0.4 is 10.9 Å². The molecule has 9 nitrogen and oxygen atoms in total. The molecular formula is C22H26N4O5. The van der Waals surface area contributed by atoms with Gasteiger partial charge in [-0.25, -0.2) is 9.59 Å². The van der Waals surface area contributed by atoms with Crippen LogP contribution in [0.4, 0.5) is 10.6 Å². The molecule has 0 unspecified atom stereocenters. The van der Waals surface area contributed by atoms with Crippen molar-refractivity contribution in [3.63, 3.8) is 0 Å². The summed E-state index contributed by atoms with van der Waals surface area (Å²) in [6.45, 7) is 8.35. The molecule has 0 saturated carbocycles. The third kappa shape index (κ3) is 5.30. The van der Waals surface area contributed by atoms with Crippen LogP contribution in [0.2, 0.25) is 0 Å². The lowest BCUT2D eigenvalue weighted by molar-refractivity contribution is -0.154. The fraction of sp³-hybridized carbons (Fsp3) is 0.364. The lowest BCUT2D eigenvalue weighted by Crippen LogP contribution is -2.38. The second-order valence-electron chi connectivity index (χ2n) is 8.62. The number of pyridine rings is 1. The Bertz CT molecular complexity index is 1170. The zero-order valence-corrected chi connectivity index (χ0v) is 18.2. The van der Waals surface area contributed by atoms with Gasteiger partial charge < -0.3 is 14.5 Å².